The number of carbonyl (C=O) groups is 3. The Morgan fingerprint density at radius 2 is 1.68 bits per heavy atom. The number of benzene rings is 2. The lowest BCUT2D eigenvalue weighted by atomic mass is 10.0. The predicted molar refractivity (Wildman–Crippen MR) is 133 cm³/mol. The van der Waals surface area contributed by atoms with Gasteiger partial charge >= 0.3 is 11.7 Å². The van der Waals surface area contributed by atoms with E-state index in [2.05, 4.69) is 20.6 Å². The van der Waals surface area contributed by atoms with E-state index in [1.54, 1.807) is 0 Å². The first-order valence-electron chi connectivity index (χ1n) is 10.6. The summed E-state index contributed by atoms with van der Waals surface area (Å²) < 4.78 is 0. The number of rotatable bonds is 7. The van der Waals surface area contributed by atoms with Crippen molar-refractivity contribution >= 4 is 40.4 Å². The highest BCUT2D eigenvalue weighted by Gasteiger charge is 2.34. The van der Waals surface area contributed by atoms with Crippen LogP contribution < -0.4 is 21.9 Å². The molecular formula is C23H19N5O8S. The van der Waals surface area contributed by atoms with E-state index in [0.29, 0.717) is 11.3 Å². The Morgan fingerprint density at radius 1 is 1.00 bits per heavy atom. The summed E-state index contributed by atoms with van der Waals surface area (Å²) in [5.41, 5.74) is -1.34. The van der Waals surface area contributed by atoms with Crippen molar-refractivity contribution < 1.29 is 29.7 Å². The summed E-state index contributed by atoms with van der Waals surface area (Å²) in [5, 5.41) is 33.2. The van der Waals surface area contributed by atoms with Gasteiger partial charge in [-0.1, -0.05) is 23.9 Å². The zero-order valence-corrected chi connectivity index (χ0v) is 19.5. The molecule has 4 rings (SSSR count). The minimum absolute atomic E-state index is 0.0537. The van der Waals surface area contributed by atoms with Crippen molar-refractivity contribution in [3.05, 3.63) is 86.1 Å². The van der Waals surface area contributed by atoms with Crippen molar-refractivity contribution in [2.24, 2.45) is 4.99 Å². The summed E-state index contributed by atoms with van der Waals surface area (Å²) in [5.74, 6) is -2.88. The quantitative estimate of drug-likeness (QED) is 0.233. The van der Waals surface area contributed by atoms with E-state index >= 15 is 0 Å². The van der Waals surface area contributed by atoms with Gasteiger partial charge in [0.15, 0.2) is 5.17 Å². The minimum atomic E-state index is -1.18. The zero-order chi connectivity index (χ0) is 26.7. The lowest BCUT2D eigenvalue weighted by Crippen LogP contribution is -2.29. The molecule has 2 aromatic carbocycles. The minimum Gasteiger partial charge on any atom is -0.508 e. The maximum Gasteiger partial charge on any atom is 0.335 e. The number of hydrogen-bond donors (Lipinski definition) is 7. The molecule has 190 valence electrons. The molecule has 1 fully saturated rings. The molecule has 2 heterocycles. The Morgan fingerprint density at radius 3 is 2.30 bits per heavy atom. The number of phenolic OH excluding ortho intramolecular Hbond substituents is 1. The Hall–Kier alpha value is -4.85. The number of aromatic hydroxyl groups is 2. The number of aliphatic imine (C=N–C) groups is 1. The monoisotopic (exact) mass is 525 g/mol. The Balaban J connectivity index is 1.55. The second-order valence-electron chi connectivity index (χ2n) is 7.83. The summed E-state index contributed by atoms with van der Waals surface area (Å²) in [6, 6.07) is 9.93. The van der Waals surface area contributed by atoms with Crippen LogP contribution in [-0.4, -0.2) is 53.5 Å². The van der Waals surface area contributed by atoms with Gasteiger partial charge in [-0.15, -0.1) is 0 Å². The molecule has 0 spiro atoms. The molecule has 13 nitrogen and oxygen atoms in total. The molecule has 2 unspecified atom stereocenters. The van der Waals surface area contributed by atoms with Crippen LogP contribution >= 0.6 is 11.8 Å². The number of amidine groups is 1. The van der Waals surface area contributed by atoms with Gasteiger partial charge in [0.1, 0.15) is 22.6 Å². The van der Waals surface area contributed by atoms with Gasteiger partial charge in [0.05, 0.1) is 5.56 Å². The van der Waals surface area contributed by atoms with Crippen LogP contribution in [0.2, 0.25) is 0 Å². The topological polar surface area (TPSA) is 214 Å². The molecule has 0 radical (unpaired) electrons. The van der Waals surface area contributed by atoms with E-state index in [9.17, 15) is 34.2 Å². The van der Waals surface area contributed by atoms with Gasteiger partial charge < -0.3 is 26.0 Å². The number of aromatic carboxylic acids is 1. The standard InChI is InChI=1S/C23H19N5O8S/c29-13-7-3-10(4-8-13)17(16-19(32)26-22(36)27-20(16)33)25-23-28-18(31)14(37-23)9-15(30)24-12-5-1-11(2-6-12)21(34)35/h1-8,14,17,29H,9H2,(H,24,30)(H,34,35)(H,25,28,31)(H3,26,27,32,33,36). The third-order valence-electron chi connectivity index (χ3n) is 5.25. The van der Waals surface area contributed by atoms with Crippen LogP contribution in [0, 0.1) is 0 Å². The summed E-state index contributed by atoms with van der Waals surface area (Å²) in [6.07, 6.45) is -0.232. The number of nitrogens with one attached hydrogen (secondary N) is 4. The Kier molecular flexibility index (Phi) is 7.11. The number of aromatic nitrogens is 2. The van der Waals surface area contributed by atoms with Crippen molar-refractivity contribution in [3.8, 4) is 11.6 Å². The highest BCUT2D eigenvalue weighted by atomic mass is 32.2. The van der Waals surface area contributed by atoms with Crippen molar-refractivity contribution in [2.45, 2.75) is 17.7 Å². The van der Waals surface area contributed by atoms with Crippen molar-refractivity contribution in [1.29, 1.82) is 0 Å². The normalized spacial score (nSPS) is 16.8. The number of carboxylic acid groups (broad SMARTS) is 1. The number of thioether (sulfide) groups is 1. The van der Waals surface area contributed by atoms with E-state index in [1.165, 1.54) is 48.5 Å². The zero-order valence-electron chi connectivity index (χ0n) is 18.7. The Labute approximate surface area is 211 Å². The summed E-state index contributed by atoms with van der Waals surface area (Å²) in [4.78, 5) is 68.4. The predicted octanol–water partition coefficient (Wildman–Crippen LogP) is 0.878. The second-order valence-corrected chi connectivity index (χ2v) is 9.02. The molecule has 2 amide bonds. The van der Waals surface area contributed by atoms with Gasteiger partial charge in [-0.25, -0.2) is 14.6 Å². The molecule has 37 heavy (non-hydrogen) atoms. The van der Waals surface area contributed by atoms with E-state index in [4.69, 9.17) is 5.11 Å². The second kappa shape index (κ2) is 10.4. The fourth-order valence-corrected chi connectivity index (χ4v) is 4.49. The van der Waals surface area contributed by atoms with Crippen LogP contribution in [0.4, 0.5) is 5.69 Å². The van der Waals surface area contributed by atoms with Crippen molar-refractivity contribution in [2.75, 3.05) is 5.32 Å². The molecule has 14 heteroatoms. The molecule has 3 aromatic rings. The fourth-order valence-electron chi connectivity index (χ4n) is 3.49. The number of hydrogen-bond acceptors (Lipinski definition) is 9. The molecule has 7 N–H and O–H groups in total. The number of nitrogens with zero attached hydrogens (tertiary/aromatic N) is 1. The van der Waals surface area contributed by atoms with Gasteiger partial charge in [0.25, 0.3) is 5.56 Å². The summed E-state index contributed by atoms with van der Waals surface area (Å²) >= 11 is 0.935. The van der Waals surface area contributed by atoms with Crippen molar-refractivity contribution in [1.82, 2.24) is 15.3 Å². The number of aromatic amines is 2. The molecule has 1 aromatic heterocycles. The largest absolute Gasteiger partial charge is 0.508 e. The lowest BCUT2D eigenvalue weighted by Gasteiger charge is -2.14. The highest BCUT2D eigenvalue weighted by molar-refractivity contribution is 8.15. The number of carbonyl (C=O) groups excluding carboxylic acids is 2. The number of anilines is 1. The molecule has 0 aliphatic carbocycles. The lowest BCUT2D eigenvalue weighted by molar-refractivity contribution is -0.122. The van der Waals surface area contributed by atoms with Crippen LogP contribution in [0.5, 0.6) is 11.6 Å². The summed E-state index contributed by atoms with van der Waals surface area (Å²) in [7, 11) is 0. The Bertz CT molecular complexity index is 1510. The summed E-state index contributed by atoms with van der Waals surface area (Å²) in [6.45, 7) is 0. The smallest absolute Gasteiger partial charge is 0.335 e. The number of carboxylic acids is 1. The third-order valence-corrected chi connectivity index (χ3v) is 6.35. The molecule has 1 aliphatic rings. The van der Waals surface area contributed by atoms with Gasteiger partial charge in [0.2, 0.25) is 17.7 Å². The van der Waals surface area contributed by atoms with E-state index in [1.807, 2.05) is 4.98 Å². The SMILES string of the molecule is O=C(CC1SC(=NC(c2ccc(O)cc2)c2c(O)[nH]c(=O)[nH]c2=O)NC1=O)Nc1ccc(C(=O)O)cc1. The van der Waals surface area contributed by atoms with Crippen LogP contribution in [0.1, 0.15) is 33.9 Å². The van der Waals surface area contributed by atoms with Gasteiger partial charge in [-0.3, -0.25) is 24.4 Å². The molecule has 1 aliphatic heterocycles. The van der Waals surface area contributed by atoms with Crippen LogP contribution in [-0.2, 0) is 9.59 Å². The van der Waals surface area contributed by atoms with Crippen LogP contribution in [0.25, 0.3) is 0 Å². The number of amides is 2. The fraction of sp³-hybridized carbons (Fsp3) is 0.130. The molecule has 1 saturated heterocycles. The first-order valence-corrected chi connectivity index (χ1v) is 11.5. The first-order chi connectivity index (χ1) is 17.6. The van der Waals surface area contributed by atoms with E-state index in [0.717, 1.165) is 11.8 Å². The maximum atomic E-state index is 12.5. The van der Waals surface area contributed by atoms with Crippen LogP contribution in [0.15, 0.2) is 63.1 Å². The number of phenols is 1. The average Bonchev–Trinajstić information content (AvgIpc) is 3.17. The number of H-pyrrole nitrogens is 2. The van der Waals surface area contributed by atoms with E-state index < -0.39 is 46.2 Å². The van der Waals surface area contributed by atoms with E-state index in [-0.39, 0.29) is 28.5 Å². The van der Waals surface area contributed by atoms with Gasteiger partial charge in [0, 0.05) is 12.1 Å². The third kappa shape index (κ3) is 5.87. The first kappa shape index (κ1) is 25.2. The average molecular weight is 525 g/mol. The molecular weight excluding hydrogens is 506 g/mol. The van der Waals surface area contributed by atoms with Crippen LogP contribution in [0.3, 0.4) is 0 Å². The van der Waals surface area contributed by atoms with Gasteiger partial charge in [-0.05, 0) is 42.0 Å². The van der Waals surface area contributed by atoms with Crippen molar-refractivity contribution in [3.63, 3.8) is 0 Å². The molecule has 0 bridgehead atoms. The highest BCUT2D eigenvalue weighted by Crippen LogP contribution is 2.32. The van der Waals surface area contributed by atoms with Gasteiger partial charge in [-0.2, -0.15) is 0 Å². The molecule has 2 atom stereocenters. The molecule has 0 saturated carbocycles. The maximum absolute atomic E-state index is 12.5.